The molecule has 4 heterocycles. The van der Waals surface area contributed by atoms with Crippen LogP contribution in [0.25, 0.3) is 11.3 Å². The van der Waals surface area contributed by atoms with Crippen molar-refractivity contribution in [2.75, 3.05) is 37.6 Å². The van der Waals surface area contributed by atoms with Gasteiger partial charge in [0.1, 0.15) is 5.82 Å². The number of sulfonamides is 1. The third-order valence-electron chi connectivity index (χ3n) is 8.68. The van der Waals surface area contributed by atoms with E-state index in [1.54, 1.807) is 12.3 Å². The van der Waals surface area contributed by atoms with Crippen molar-refractivity contribution >= 4 is 21.8 Å². The molecule has 48 heavy (non-hydrogen) atoms. The standard InChI is InChI=1S/C34H34F4N6O3S/c35-27-9-12-29(13-10-27)48(46,47)44-16-2-4-31(44)32(45)14-11-28-21-30(25-5-7-26(8-6-25)34(36,37)38)41-33(40-28)43-19-17-42(18-20-43)23-24-3-1-15-39-22-24/h1,3,5-10,12-13,15,21-22,31H,2,4,11,14,16-20,23H2/t31-/m0/s1. The molecule has 0 saturated carbocycles. The number of piperazine rings is 1. The van der Waals surface area contributed by atoms with Crippen molar-refractivity contribution in [1.29, 1.82) is 0 Å². The Morgan fingerprint density at radius 1 is 0.917 bits per heavy atom. The van der Waals surface area contributed by atoms with Crippen LogP contribution in [0.2, 0.25) is 0 Å². The molecule has 0 N–H and O–H groups in total. The molecular formula is C34H34F4N6O3S. The second-order valence-electron chi connectivity index (χ2n) is 11.9. The fourth-order valence-electron chi connectivity index (χ4n) is 6.10. The summed E-state index contributed by atoms with van der Waals surface area (Å²) in [5.41, 5.74) is 1.75. The van der Waals surface area contributed by atoms with Gasteiger partial charge in [-0.2, -0.15) is 17.5 Å². The first-order valence-electron chi connectivity index (χ1n) is 15.7. The highest BCUT2D eigenvalue weighted by molar-refractivity contribution is 7.89. The number of carbonyl (C=O) groups excluding carboxylic acids is 1. The summed E-state index contributed by atoms with van der Waals surface area (Å²) < 4.78 is 81.0. The van der Waals surface area contributed by atoms with Crippen LogP contribution in [0.15, 0.2) is 84.0 Å². The molecular weight excluding hydrogens is 648 g/mol. The molecule has 2 fully saturated rings. The minimum absolute atomic E-state index is 0.00188. The Hall–Kier alpha value is -4.27. The van der Waals surface area contributed by atoms with Crippen molar-refractivity contribution in [2.45, 2.75) is 49.3 Å². The van der Waals surface area contributed by atoms with Gasteiger partial charge in [0.25, 0.3) is 0 Å². The lowest BCUT2D eigenvalue weighted by Gasteiger charge is -2.35. The molecule has 0 unspecified atom stereocenters. The van der Waals surface area contributed by atoms with E-state index >= 15 is 0 Å². The minimum atomic E-state index is -4.48. The lowest BCUT2D eigenvalue weighted by atomic mass is 10.0. The fourth-order valence-corrected chi connectivity index (χ4v) is 7.77. The number of pyridine rings is 1. The summed E-state index contributed by atoms with van der Waals surface area (Å²) in [6, 6.07) is 14.0. The van der Waals surface area contributed by atoms with E-state index in [9.17, 15) is 30.8 Å². The van der Waals surface area contributed by atoms with Crippen molar-refractivity contribution in [3.8, 4) is 11.3 Å². The van der Waals surface area contributed by atoms with Gasteiger partial charge in [-0.3, -0.25) is 14.7 Å². The number of alkyl halides is 3. The van der Waals surface area contributed by atoms with E-state index in [4.69, 9.17) is 9.97 Å². The highest BCUT2D eigenvalue weighted by Gasteiger charge is 2.39. The number of hydrogen-bond donors (Lipinski definition) is 0. The molecule has 14 heteroatoms. The van der Waals surface area contributed by atoms with Crippen LogP contribution in [0.3, 0.4) is 0 Å². The molecule has 2 aromatic carbocycles. The van der Waals surface area contributed by atoms with Gasteiger partial charge in [0.2, 0.25) is 16.0 Å². The molecule has 252 valence electrons. The third kappa shape index (κ3) is 7.71. The summed E-state index contributed by atoms with van der Waals surface area (Å²) in [6.07, 6.45) is 0.154. The van der Waals surface area contributed by atoms with E-state index in [1.807, 2.05) is 23.2 Å². The maximum Gasteiger partial charge on any atom is 0.416 e. The van der Waals surface area contributed by atoms with E-state index in [-0.39, 0.29) is 30.1 Å². The Kier molecular flexibility index (Phi) is 9.85. The topological polar surface area (TPSA) is 99.6 Å². The molecule has 2 aromatic heterocycles. The number of benzene rings is 2. The first-order chi connectivity index (χ1) is 23.0. The van der Waals surface area contributed by atoms with Crippen LogP contribution in [-0.4, -0.2) is 77.1 Å². The van der Waals surface area contributed by atoms with Crippen LogP contribution in [0.4, 0.5) is 23.5 Å². The van der Waals surface area contributed by atoms with E-state index in [0.29, 0.717) is 48.8 Å². The van der Waals surface area contributed by atoms with Gasteiger partial charge in [-0.25, -0.2) is 22.8 Å². The molecule has 9 nitrogen and oxygen atoms in total. The van der Waals surface area contributed by atoms with Crippen molar-refractivity contribution in [1.82, 2.24) is 24.2 Å². The number of rotatable bonds is 10. The molecule has 6 rings (SSSR count). The number of nitrogens with zero attached hydrogens (tertiary/aromatic N) is 6. The minimum Gasteiger partial charge on any atom is -0.338 e. The normalized spacial score (nSPS) is 17.9. The maximum absolute atomic E-state index is 13.5. The Morgan fingerprint density at radius 2 is 1.65 bits per heavy atom. The molecule has 0 bridgehead atoms. The zero-order valence-corrected chi connectivity index (χ0v) is 26.8. The predicted molar refractivity (Wildman–Crippen MR) is 171 cm³/mol. The number of anilines is 1. The zero-order valence-electron chi connectivity index (χ0n) is 26.0. The molecule has 0 aliphatic carbocycles. The summed E-state index contributed by atoms with van der Waals surface area (Å²) in [4.78, 5) is 31.4. The van der Waals surface area contributed by atoms with Gasteiger partial charge in [0.15, 0.2) is 5.78 Å². The third-order valence-corrected chi connectivity index (χ3v) is 10.6. The quantitative estimate of drug-likeness (QED) is 0.206. The lowest BCUT2D eigenvalue weighted by molar-refractivity contribution is -0.137. The van der Waals surface area contributed by atoms with Crippen LogP contribution in [-0.2, 0) is 34.0 Å². The molecule has 0 spiro atoms. The Morgan fingerprint density at radius 3 is 2.31 bits per heavy atom. The second-order valence-corrected chi connectivity index (χ2v) is 13.8. The van der Waals surface area contributed by atoms with Crippen LogP contribution in [0, 0.1) is 5.82 Å². The number of Topliss-reactive ketones (excluding diaryl/α,β-unsaturated/α-hetero) is 1. The van der Waals surface area contributed by atoms with Gasteiger partial charge >= 0.3 is 6.18 Å². The van der Waals surface area contributed by atoms with Crippen LogP contribution in [0.5, 0.6) is 0 Å². The summed E-state index contributed by atoms with van der Waals surface area (Å²) in [6.45, 7) is 3.63. The van der Waals surface area contributed by atoms with Gasteiger partial charge in [0, 0.05) is 69.3 Å². The van der Waals surface area contributed by atoms with E-state index < -0.39 is 33.6 Å². The molecule has 0 amide bonds. The molecule has 2 aliphatic heterocycles. The Labute approximate surface area is 276 Å². The number of aryl methyl sites for hydroxylation is 1. The van der Waals surface area contributed by atoms with E-state index in [2.05, 4.69) is 9.88 Å². The predicted octanol–water partition coefficient (Wildman–Crippen LogP) is 5.37. The molecule has 2 saturated heterocycles. The van der Waals surface area contributed by atoms with Crippen molar-refractivity contribution in [3.05, 3.63) is 102 Å². The fraction of sp³-hybridized carbons (Fsp3) is 0.353. The van der Waals surface area contributed by atoms with Crippen LogP contribution in [0.1, 0.15) is 36.1 Å². The number of ketones is 1. The average Bonchev–Trinajstić information content (AvgIpc) is 3.59. The van der Waals surface area contributed by atoms with Gasteiger partial charge in [0.05, 0.1) is 22.2 Å². The molecule has 2 aliphatic rings. The lowest BCUT2D eigenvalue weighted by Crippen LogP contribution is -2.46. The summed E-state index contributed by atoms with van der Waals surface area (Å²) in [5.74, 6) is -0.412. The zero-order chi connectivity index (χ0) is 33.9. The van der Waals surface area contributed by atoms with E-state index in [1.165, 1.54) is 28.6 Å². The Balaban J connectivity index is 1.20. The highest BCUT2D eigenvalue weighted by atomic mass is 32.2. The number of halogens is 4. The first-order valence-corrected chi connectivity index (χ1v) is 17.1. The van der Waals surface area contributed by atoms with Gasteiger partial charge in [-0.1, -0.05) is 18.2 Å². The van der Waals surface area contributed by atoms with Crippen molar-refractivity contribution < 1.29 is 30.8 Å². The first kappa shape index (κ1) is 33.6. The number of carbonyl (C=O) groups is 1. The highest BCUT2D eigenvalue weighted by Crippen LogP contribution is 2.32. The summed E-state index contributed by atoms with van der Waals surface area (Å²) >= 11 is 0. The van der Waals surface area contributed by atoms with E-state index in [0.717, 1.165) is 49.5 Å². The number of hydrogen-bond acceptors (Lipinski definition) is 8. The van der Waals surface area contributed by atoms with Crippen molar-refractivity contribution in [3.63, 3.8) is 0 Å². The smallest absolute Gasteiger partial charge is 0.338 e. The molecule has 4 aromatic rings. The monoisotopic (exact) mass is 682 g/mol. The van der Waals surface area contributed by atoms with Crippen LogP contribution >= 0.6 is 0 Å². The molecule has 1 atom stereocenters. The van der Waals surface area contributed by atoms with Gasteiger partial charge in [-0.15, -0.1) is 0 Å². The van der Waals surface area contributed by atoms with Crippen molar-refractivity contribution in [2.24, 2.45) is 0 Å². The summed E-state index contributed by atoms with van der Waals surface area (Å²) in [7, 11) is -4.01. The summed E-state index contributed by atoms with van der Waals surface area (Å²) in [5, 5.41) is 0. The average molecular weight is 683 g/mol. The largest absolute Gasteiger partial charge is 0.416 e. The van der Waals surface area contributed by atoms with Gasteiger partial charge < -0.3 is 4.90 Å². The SMILES string of the molecule is O=C(CCc1cc(-c2ccc(C(F)(F)F)cc2)nc(N2CCN(Cc3cccnc3)CC2)n1)[C@@H]1CCCN1S(=O)(=O)c1ccc(F)cc1. The Bertz CT molecular complexity index is 1830. The van der Waals surface area contributed by atoms with Crippen LogP contribution < -0.4 is 4.90 Å². The van der Waals surface area contributed by atoms with Gasteiger partial charge in [-0.05, 0) is 73.4 Å². The number of aromatic nitrogens is 3. The maximum atomic E-state index is 13.5. The second kappa shape index (κ2) is 14.1. The molecule has 0 radical (unpaired) electrons.